The van der Waals surface area contributed by atoms with Crippen LogP contribution in [0.5, 0.6) is 5.75 Å². The first-order valence-electron chi connectivity index (χ1n) is 8.48. The predicted octanol–water partition coefficient (Wildman–Crippen LogP) is 2.20. The number of piperazine rings is 1. The van der Waals surface area contributed by atoms with Gasteiger partial charge < -0.3 is 9.64 Å². The number of methoxy groups -OCH3 is 1. The highest BCUT2D eigenvalue weighted by Crippen LogP contribution is 2.33. The van der Waals surface area contributed by atoms with Crippen LogP contribution in [0.4, 0.5) is 0 Å². The fourth-order valence-corrected chi connectivity index (χ4v) is 3.27. The van der Waals surface area contributed by atoms with Crippen LogP contribution in [0.15, 0.2) is 36.7 Å². The minimum Gasteiger partial charge on any atom is -0.496 e. The highest BCUT2D eigenvalue weighted by atomic mass is 16.5. The summed E-state index contributed by atoms with van der Waals surface area (Å²) in [5, 5.41) is 0. The molecule has 0 aliphatic carbocycles. The van der Waals surface area contributed by atoms with Gasteiger partial charge in [0.15, 0.2) is 0 Å². The van der Waals surface area contributed by atoms with E-state index in [0.717, 1.165) is 42.3 Å². The molecule has 2 aromatic rings. The lowest BCUT2D eigenvalue weighted by Gasteiger charge is -2.41. The largest absolute Gasteiger partial charge is 0.496 e. The molecule has 25 heavy (non-hydrogen) atoms. The van der Waals surface area contributed by atoms with E-state index in [1.165, 1.54) is 0 Å². The third-order valence-corrected chi connectivity index (χ3v) is 4.65. The number of amides is 1. The van der Waals surface area contributed by atoms with Gasteiger partial charge in [-0.05, 0) is 13.0 Å². The molecule has 1 unspecified atom stereocenters. The second kappa shape index (κ2) is 7.61. The van der Waals surface area contributed by atoms with E-state index in [9.17, 15) is 4.79 Å². The number of rotatable bonds is 4. The third kappa shape index (κ3) is 3.96. The molecule has 6 heteroatoms. The monoisotopic (exact) mass is 340 g/mol. The molecule has 0 spiro atoms. The third-order valence-electron chi connectivity index (χ3n) is 4.65. The quantitative estimate of drug-likeness (QED) is 0.854. The smallest absolute Gasteiger partial charge is 0.219 e. The van der Waals surface area contributed by atoms with E-state index < -0.39 is 0 Å². The van der Waals surface area contributed by atoms with E-state index >= 15 is 0 Å². The maximum Gasteiger partial charge on any atom is 0.219 e. The summed E-state index contributed by atoms with van der Waals surface area (Å²) in [7, 11) is 1.68. The van der Waals surface area contributed by atoms with Crippen LogP contribution < -0.4 is 4.74 Å². The van der Waals surface area contributed by atoms with E-state index in [2.05, 4.69) is 20.9 Å². The molecule has 1 atom stereocenters. The van der Waals surface area contributed by atoms with Gasteiger partial charge in [0.2, 0.25) is 5.91 Å². The van der Waals surface area contributed by atoms with Crippen molar-refractivity contribution in [2.45, 2.75) is 26.4 Å². The molecule has 0 saturated carbocycles. The van der Waals surface area contributed by atoms with E-state index in [4.69, 9.17) is 4.74 Å². The summed E-state index contributed by atoms with van der Waals surface area (Å²) in [6.07, 6.45) is 3.75. The Kier molecular flexibility index (Phi) is 5.28. The Morgan fingerprint density at radius 3 is 2.64 bits per heavy atom. The number of aromatic nitrogens is 2. The number of para-hydroxylation sites is 1. The summed E-state index contributed by atoms with van der Waals surface area (Å²) in [5.74, 6) is 1.73. The van der Waals surface area contributed by atoms with Gasteiger partial charge in [-0.3, -0.25) is 9.69 Å². The summed E-state index contributed by atoms with van der Waals surface area (Å²) in [6, 6.07) is 8.10. The maximum absolute atomic E-state index is 11.9. The van der Waals surface area contributed by atoms with Gasteiger partial charge in [0.25, 0.3) is 0 Å². The molecule has 1 aliphatic rings. The Hall–Kier alpha value is -2.47. The minimum atomic E-state index is 0.0788. The van der Waals surface area contributed by atoms with Gasteiger partial charge in [-0.15, -0.1) is 0 Å². The molecular weight excluding hydrogens is 316 g/mol. The lowest BCUT2D eigenvalue weighted by atomic mass is 10.0. The summed E-state index contributed by atoms with van der Waals surface area (Å²) in [4.78, 5) is 24.7. The van der Waals surface area contributed by atoms with Crippen molar-refractivity contribution in [2.24, 2.45) is 0 Å². The fraction of sp³-hybridized carbons (Fsp3) is 0.421. The van der Waals surface area contributed by atoms with Crippen LogP contribution in [-0.4, -0.2) is 52.4 Å². The van der Waals surface area contributed by atoms with Crippen molar-refractivity contribution in [1.82, 2.24) is 19.8 Å². The van der Waals surface area contributed by atoms with Crippen LogP contribution >= 0.6 is 0 Å². The number of ether oxygens (including phenoxy) is 1. The Balaban J connectivity index is 1.89. The number of nitrogens with zero attached hydrogens (tertiary/aromatic N) is 4. The maximum atomic E-state index is 11.9. The zero-order valence-electron chi connectivity index (χ0n) is 15.0. The molecule has 0 radical (unpaired) electrons. The van der Waals surface area contributed by atoms with Crippen molar-refractivity contribution >= 4 is 5.91 Å². The first-order valence-corrected chi connectivity index (χ1v) is 8.48. The van der Waals surface area contributed by atoms with Crippen LogP contribution in [0.2, 0.25) is 0 Å². The number of hydrogen-bond acceptors (Lipinski definition) is 5. The molecule has 1 aromatic heterocycles. The second-order valence-electron chi connectivity index (χ2n) is 6.33. The van der Waals surface area contributed by atoms with Crippen LogP contribution in [0.25, 0.3) is 0 Å². The summed E-state index contributed by atoms with van der Waals surface area (Å²) >= 11 is 0. The van der Waals surface area contributed by atoms with Gasteiger partial charge in [-0.2, -0.15) is 0 Å². The first kappa shape index (κ1) is 17.4. The van der Waals surface area contributed by atoms with E-state index in [1.54, 1.807) is 14.0 Å². The van der Waals surface area contributed by atoms with Gasteiger partial charge in [-0.1, -0.05) is 18.2 Å². The summed E-state index contributed by atoms with van der Waals surface area (Å²) in [5.41, 5.74) is 2.17. The lowest BCUT2D eigenvalue weighted by Crippen LogP contribution is -2.49. The van der Waals surface area contributed by atoms with Crippen LogP contribution in [0.1, 0.15) is 29.9 Å². The highest BCUT2D eigenvalue weighted by molar-refractivity contribution is 5.73. The molecule has 1 amide bonds. The van der Waals surface area contributed by atoms with Gasteiger partial charge in [-0.25, -0.2) is 9.97 Å². The molecule has 1 aromatic carbocycles. The second-order valence-corrected chi connectivity index (χ2v) is 6.33. The van der Waals surface area contributed by atoms with Crippen LogP contribution in [0.3, 0.4) is 0 Å². The van der Waals surface area contributed by atoms with Crippen LogP contribution in [-0.2, 0) is 11.3 Å². The molecule has 2 heterocycles. The fourth-order valence-electron chi connectivity index (χ4n) is 3.27. The average Bonchev–Trinajstić information content (AvgIpc) is 2.63. The molecule has 0 N–H and O–H groups in total. The summed E-state index contributed by atoms with van der Waals surface area (Å²) in [6.45, 7) is 6.44. The van der Waals surface area contributed by atoms with Crippen LogP contribution in [0, 0.1) is 6.92 Å². The molecule has 132 valence electrons. The van der Waals surface area contributed by atoms with Crippen molar-refractivity contribution in [2.75, 3.05) is 26.7 Å². The Morgan fingerprint density at radius 2 is 1.96 bits per heavy atom. The summed E-state index contributed by atoms with van der Waals surface area (Å²) < 4.78 is 5.55. The lowest BCUT2D eigenvalue weighted by molar-refractivity contribution is -0.132. The molecular formula is C19H24N4O2. The average molecular weight is 340 g/mol. The molecule has 1 aliphatic heterocycles. The van der Waals surface area contributed by atoms with Crippen molar-refractivity contribution < 1.29 is 9.53 Å². The van der Waals surface area contributed by atoms with Gasteiger partial charge in [0.05, 0.1) is 13.2 Å². The zero-order valence-corrected chi connectivity index (χ0v) is 15.0. The van der Waals surface area contributed by atoms with Gasteiger partial charge in [0.1, 0.15) is 11.6 Å². The van der Waals surface area contributed by atoms with Crippen molar-refractivity contribution in [3.8, 4) is 5.75 Å². The first-order chi connectivity index (χ1) is 12.1. The standard InChI is InChI=1S/C19H24N4O2/c1-14-20-10-16(11-21-14)12-23-9-8-22(15(2)24)13-18(23)17-6-4-5-7-19(17)25-3/h4-7,10-11,18H,8-9,12-13H2,1-3H3. The van der Waals surface area contributed by atoms with Crippen molar-refractivity contribution in [3.05, 3.63) is 53.6 Å². The van der Waals surface area contributed by atoms with Gasteiger partial charge in [0, 0.05) is 56.6 Å². The van der Waals surface area contributed by atoms with E-state index in [0.29, 0.717) is 6.54 Å². The molecule has 0 bridgehead atoms. The number of benzene rings is 1. The zero-order chi connectivity index (χ0) is 17.8. The normalized spacial score (nSPS) is 18.2. The van der Waals surface area contributed by atoms with Crippen molar-refractivity contribution in [1.29, 1.82) is 0 Å². The number of hydrogen-bond donors (Lipinski definition) is 0. The highest BCUT2D eigenvalue weighted by Gasteiger charge is 2.31. The number of carbonyl (C=O) groups excluding carboxylic acids is 1. The Morgan fingerprint density at radius 1 is 1.24 bits per heavy atom. The number of carbonyl (C=O) groups is 1. The SMILES string of the molecule is COc1ccccc1C1CN(C(C)=O)CCN1Cc1cnc(C)nc1. The molecule has 1 fully saturated rings. The molecule has 1 saturated heterocycles. The van der Waals surface area contributed by atoms with E-state index in [1.807, 2.05) is 42.4 Å². The minimum absolute atomic E-state index is 0.0788. The van der Waals surface area contributed by atoms with Crippen molar-refractivity contribution in [3.63, 3.8) is 0 Å². The predicted molar refractivity (Wildman–Crippen MR) is 95.2 cm³/mol. The van der Waals surface area contributed by atoms with Gasteiger partial charge >= 0.3 is 0 Å². The molecule has 3 rings (SSSR count). The number of aryl methyl sites for hydroxylation is 1. The Labute approximate surface area is 148 Å². The van der Waals surface area contributed by atoms with E-state index in [-0.39, 0.29) is 11.9 Å². The molecule has 6 nitrogen and oxygen atoms in total. The Bertz CT molecular complexity index is 732. The topological polar surface area (TPSA) is 58.6 Å².